The van der Waals surface area contributed by atoms with Crippen LogP contribution in [0.1, 0.15) is 28.1 Å². The van der Waals surface area contributed by atoms with Gasteiger partial charge in [0.2, 0.25) is 0 Å². The highest BCUT2D eigenvalue weighted by molar-refractivity contribution is 14.0. The third-order valence-electron chi connectivity index (χ3n) is 3.68. The number of rotatable bonds is 7. The second-order valence-electron chi connectivity index (χ2n) is 5.59. The predicted octanol–water partition coefficient (Wildman–Crippen LogP) is 4.45. The standard InChI is InChI=1S/C18H25BrN4OS.HI/c1-5-20-18(21-9-8-17-23-12(2)13(3)25-17)22-11-14-6-7-16(24-4)15(19)10-14;/h6-7,10H,5,8-9,11H2,1-4H3,(H2,20,21,22);1H. The number of guanidine groups is 1. The first-order valence-electron chi connectivity index (χ1n) is 8.31. The molecule has 0 saturated carbocycles. The molecule has 5 nitrogen and oxygen atoms in total. The topological polar surface area (TPSA) is 58.5 Å². The summed E-state index contributed by atoms with van der Waals surface area (Å²) in [4.78, 5) is 10.5. The Kier molecular flexibility index (Phi) is 10.5. The lowest BCUT2D eigenvalue weighted by atomic mass is 10.2. The lowest BCUT2D eigenvalue weighted by Crippen LogP contribution is -2.38. The Labute approximate surface area is 185 Å². The average Bonchev–Trinajstić information content (AvgIpc) is 2.90. The van der Waals surface area contributed by atoms with Crippen molar-refractivity contribution in [3.63, 3.8) is 0 Å². The highest BCUT2D eigenvalue weighted by Gasteiger charge is 2.05. The van der Waals surface area contributed by atoms with Crippen LogP contribution >= 0.6 is 51.2 Å². The number of ether oxygens (including phenoxy) is 1. The second-order valence-corrected chi connectivity index (χ2v) is 7.73. The van der Waals surface area contributed by atoms with E-state index in [-0.39, 0.29) is 24.0 Å². The molecule has 0 amide bonds. The van der Waals surface area contributed by atoms with Gasteiger partial charge in [-0.3, -0.25) is 0 Å². The number of benzene rings is 1. The van der Waals surface area contributed by atoms with Crippen molar-refractivity contribution >= 4 is 57.2 Å². The van der Waals surface area contributed by atoms with Crippen molar-refractivity contribution in [2.75, 3.05) is 20.2 Å². The van der Waals surface area contributed by atoms with Crippen molar-refractivity contribution in [3.8, 4) is 5.75 Å². The molecule has 0 bridgehead atoms. The van der Waals surface area contributed by atoms with Crippen molar-refractivity contribution < 1.29 is 4.74 Å². The van der Waals surface area contributed by atoms with Crippen LogP contribution in [0.3, 0.4) is 0 Å². The van der Waals surface area contributed by atoms with Gasteiger partial charge in [-0.25, -0.2) is 9.98 Å². The molecule has 0 radical (unpaired) electrons. The van der Waals surface area contributed by atoms with E-state index in [2.05, 4.69) is 57.3 Å². The van der Waals surface area contributed by atoms with Gasteiger partial charge in [-0.1, -0.05) is 6.07 Å². The summed E-state index contributed by atoms with van der Waals surface area (Å²) < 4.78 is 6.20. The third kappa shape index (κ3) is 7.03. The molecular formula is C18H26BrIN4OS. The lowest BCUT2D eigenvalue weighted by molar-refractivity contribution is 0.412. The number of methoxy groups -OCH3 is 1. The molecule has 0 atom stereocenters. The maximum atomic E-state index is 5.26. The summed E-state index contributed by atoms with van der Waals surface area (Å²) in [5, 5.41) is 7.82. The van der Waals surface area contributed by atoms with Crippen LogP contribution < -0.4 is 15.4 Å². The first-order valence-corrected chi connectivity index (χ1v) is 9.92. The molecule has 1 aromatic carbocycles. The zero-order valence-corrected chi connectivity index (χ0v) is 20.3. The fourth-order valence-corrected chi connectivity index (χ4v) is 3.78. The maximum Gasteiger partial charge on any atom is 0.191 e. The van der Waals surface area contributed by atoms with Crippen molar-refractivity contribution in [2.24, 2.45) is 4.99 Å². The molecule has 2 aromatic rings. The zero-order valence-electron chi connectivity index (χ0n) is 15.6. The molecule has 0 aliphatic rings. The summed E-state index contributed by atoms with van der Waals surface area (Å²) in [6, 6.07) is 6.01. The van der Waals surface area contributed by atoms with Gasteiger partial charge in [0, 0.05) is 24.4 Å². The molecular weight excluding hydrogens is 527 g/mol. The number of nitrogens with zero attached hydrogens (tertiary/aromatic N) is 2. The van der Waals surface area contributed by atoms with E-state index in [1.165, 1.54) is 4.88 Å². The quantitative estimate of drug-likeness (QED) is 0.303. The Morgan fingerprint density at radius 1 is 1.31 bits per heavy atom. The SMILES string of the molecule is CCNC(=NCc1ccc(OC)c(Br)c1)NCCc1nc(C)c(C)s1.I. The van der Waals surface area contributed by atoms with Crippen LogP contribution in [0.5, 0.6) is 5.75 Å². The predicted molar refractivity (Wildman–Crippen MR) is 124 cm³/mol. The number of hydrogen-bond acceptors (Lipinski definition) is 4. The fourth-order valence-electron chi connectivity index (χ4n) is 2.25. The molecule has 2 N–H and O–H groups in total. The monoisotopic (exact) mass is 552 g/mol. The van der Waals surface area contributed by atoms with Crippen molar-refractivity contribution in [3.05, 3.63) is 43.8 Å². The van der Waals surface area contributed by atoms with E-state index in [1.807, 2.05) is 18.2 Å². The number of hydrogen-bond donors (Lipinski definition) is 2. The molecule has 0 aliphatic heterocycles. The second kappa shape index (κ2) is 11.8. The van der Waals surface area contributed by atoms with Crippen LogP contribution in [0.15, 0.2) is 27.7 Å². The molecule has 144 valence electrons. The number of aromatic nitrogens is 1. The molecule has 0 saturated heterocycles. The minimum atomic E-state index is 0. The largest absolute Gasteiger partial charge is 0.496 e. The molecule has 1 aromatic heterocycles. The van der Waals surface area contributed by atoms with Gasteiger partial charge in [-0.05, 0) is 54.4 Å². The lowest BCUT2D eigenvalue weighted by Gasteiger charge is -2.11. The van der Waals surface area contributed by atoms with Gasteiger partial charge < -0.3 is 15.4 Å². The molecule has 0 aliphatic carbocycles. The van der Waals surface area contributed by atoms with Gasteiger partial charge in [0.05, 0.1) is 28.8 Å². The Morgan fingerprint density at radius 3 is 2.65 bits per heavy atom. The van der Waals surface area contributed by atoms with Crippen LogP contribution in [-0.4, -0.2) is 31.1 Å². The van der Waals surface area contributed by atoms with Gasteiger partial charge >= 0.3 is 0 Å². The smallest absolute Gasteiger partial charge is 0.191 e. The first kappa shape index (κ1) is 23.2. The van der Waals surface area contributed by atoms with E-state index >= 15 is 0 Å². The van der Waals surface area contributed by atoms with E-state index < -0.39 is 0 Å². The van der Waals surface area contributed by atoms with E-state index in [9.17, 15) is 0 Å². The molecule has 0 unspecified atom stereocenters. The number of thiazole rings is 1. The molecule has 8 heteroatoms. The van der Waals surface area contributed by atoms with Crippen LogP contribution in [0.4, 0.5) is 0 Å². The average molecular weight is 553 g/mol. The highest BCUT2D eigenvalue weighted by atomic mass is 127. The minimum Gasteiger partial charge on any atom is -0.496 e. The van der Waals surface area contributed by atoms with E-state index in [0.717, 1.165) is 52.0 Å². The molecule has 0 spiro atoms. The normalized spacial score (nSPS) is 11.0. The number of nitrogens with one attached hydrogen (secondary N) is 2. The Morgan fingerprint density at radius 2 is 2.08 bits per heavy atom. The number of aliphatic imine (C=N–C) groups is 1. The Bertz CT molecular complexity index is 716. The molecule has 26 heavy (non-hydrogen) atoms. The van der Waals surface area contributed by atoms with E-state index in [1.54, 1.807) is 18.4 Å². The van der Waals surface area contributed by atoms with Crippen molar-refractivity contribution in [1.29, 1.82) is 0 Å². The summed E-state index contributed by atoms with van der Waals surface area (Å²) in [6.45, 7) is 8.48. The van der Waals surface area contributed by atoms with Crippen LogP contribution in [0, 0.1) is 13.8 Å². The van der Waals surface area contributed by atoms with E-state index in [4.69, 9.17) is 4.74 Å². The van der Waals surface area contributed by atoms with Crippen LogP contribution in [0.2, 0.25) is 0 Å². The summed E-state index contributed by atoms with van der Waals surface area (Å²) in [5.41, 5.74) is 2.25. The van der Waals surface area contributed by atoms with Gasteiger partial charge in [0.25, 0.3) is 0 Å². The molecule has 2 rings (SSSR count). The van der Waals surface area contributed by atoms with Gasteiger partial charge in [0.15, 0.2) is 5.96 Å². The number of halogens is 2. The van der Waals surface area contributed by atoms with Crippen molar-refractivity contribution in [1.82, 2.24) is 15.6 Å². The van der Waals surface area contributed by atoms with Crippen molar-refractivity contribution in [2.45, 2.75) is 33.7 Å². The Hall–Kier alpha value is -0.870. The number of aryl methyl sites for hydroxylation is 2. The van der Waals surface area contributed by atoms with Gasteiger partial charge in [-0.2, -0.15) is 0 Å². The summed E-state index contributed by atoms with van der Waals surface area (Å²) in [5.74, 6) is 1.64. The molecule has 0 fully saturated rings. The zero-order chi connectivity index (χ0) is 18.2. The van der Waals surface area contributed by atoms with Gasteiger partial charge in [-0.15, -0.1) is 35.3 Å². The fraction of sp³-hybridized carbons (Fsp3) is 0.444. The molecule has 1 heterocycles. The van der Waals surface area contributed by atoms with Crippen LogP contribution in [-0.2, 0) is 13.0 Å². The van der Waals surface area contributed by atoms with Crippen LogP contribution in [0.25, 0.3) is 0 Å². The highest BCUT2D eigenvalue weighted by Crippen LogP contribution is 2.25. The van der Waals surface area contributed by atoms with E-state index in [0.29, 0.717) is 6.54 Å². The Balaban J connectivity index is 0.00000338. The maximum absolute atomic E-state index is 5.26. The summed E-state index contributed by atoms with van der Waals surface area (Å²) >= 11 is 5.28. The third-order valence-corrected chi connectivity index (χ3v) is 5.44. The summed E-state index contributed by atoms with van der Waals surface area (Å²) in [7, 11) is 1.66. The first-order chi connectivity index (χ1) is 12.0. The van der Waals surface area contributed by atoms with Gasteiger partial charge in [0.1, 0.15) is 5.75 Å². The minimum absolute atomic E-state index is 0. The summed E-state index contributed by atoms with van der Waals surface area (Å²) in [6.07, 6.45) is 0.901.